The number of hydrogen-bond donors (Lipinski definition) is 2. The summed E-state index contributed by atoms with van der Waals surface area (Å²) in [5, 5.41) is 3.35. The Balaban J connectivity index is 4.24. The summed E-state index contributed by atoms with van der Waals surface area (Å²) in [6.07, 6.45) is 0.863. The average molecular weight is 273 g/mol. The summed E-state index contributed by atoms with van der Waals surface area (Å²) in [6.45, 7) is 15.9. The van der Waals surface area contributed by atoms with Crippen LogP contribution < -0.4 is 11.1 Å². The maximum Gasteiger partial charge on any atom is 0.146 e. The second-order valence-corrected chi connectivity index (χ2v) is 13.4. The van der Waals surface area contributed by atoms with Crippen molar-refractivity contribution in [3.8, 4) is 0 Å². The molecule has 0 fully saturated rings. The summed E-state index contributed by atoms with van der Waals surface area (Å²) >= 11 is 0. The highest BCUT2D eigenvalue weighted by atomic mass is 28.3. The first kappa shape index (κ1) is 17.8. The van der Waals surface area contributed by atoms with E-state index >= 15 is 0 Å². The Kier molecular flexibility index (Phi) is 6.75. The van der Waals surface area contributed by atoms with E-state index in [9.17, 15) is 4.79 Å². The van der Waals surface area contributed by atoms with Gasteiger partial charge in [0.25, 0.3) is 0 Å². The van der Waals surface area contributed by atoms with Crippen LogP contribution in [-0.4, -0.2) is 32.5 Å². The van der Waals surface area contributed by atoms with Crippen molar-refractivity contribution >= 4 is 13.9 Å². The summed E-state index contributed by atoms with van der Waals surface area (Å²) in [7, 11) is -1.12. The predicted octanol–water partition coefficient (Wildman–Crippen LogP) is 2.64. The van der Waals surface area contributed by atoms with Crippen LogP contribution >= 0.6 is 0 Å². The van der Waals surface area contributed by atoms with Crippen LogP contribution in [0, 0.1) is 5.41 Å². The van der Waals surface area contributed by atoms with Gasteiger partial charge in [-0.2, -0.15) is 0 Å². The zero-order valence-corrected chi connectivity index (χ0v) is 14.3. The molecule has 0 rings (SSSR count). The van der Waals surface area contributed by atoms with Gasteiger partial charge >= 0.3 is 0 Å². The summed E-state index contributed by atoms with van der Waals surface area (Å²) in [6, 6.07) is 1.20. The van der Waals surface area contributed by atoms with E-state index < -0.39 is 8.07 Å². The molecule has 0 aliphatic carbocycles. The predicted molar refractivity (Wildman–Crippen MR) is 82.7 cm³/mol. The van der Waals surface area contributed by atoms with Gasteiger partial charge in [-0.25, -0.2) is 0 Å². The van der Waals surface area contributed by atoms with Gasteiger partial charge < -0.3 is 11.1 Å². The molecule has 0 radical (unpaired) electrons. The molecule has 0 aliphatic rings. The van der Waals surface area contributed by atoms with Gasteiger partial charge in [0.05, 0.1) is 6.04 Å². The standard InChI is InChI=1S/C14H32N2OSi/c1-11(17)13(8-14(2,3)4)16-9-12(15)10-18(5,6)7/h12-13,16H,8-10,15H2,1-7H3/t12-,13+/m1/s1. The van der Waals surface area contributed by atoms with Gasteiger partial charge in [-0.05, 0) is 24.8 Å². The third-order valence-corrected chi connectivity index (χ3v) is 4.56. The van der Waals surface area contributed by atoms with Crippen molar-refractivity contribution in [3.05, 3.63) is 0 Å². The van der Waals surface area contributed by atoms with E-state index in [4.69, 9.17) is 5.73 Å². The van der Waals surface area contributed by atoms with E-state index in [1.807, 2.05) is 0 Å². The van der Waals surface area contributed by atoms with Crippen LogP contribution in [0.1, 0.15) is 34.1 Å². The molecule has 0 saturated heterocycles. The molecular weight excluding hydrogens is 240 g/mol. The van der Waals surface area contributed by atoms with Crippen molar-refractivity contribution < 1.29 is 4.79 Å². The minimum absolute atomic E-state index is 0.0577. The normalized spacial score (nSPS) is 16.4. The van der Waals surface area contributed by atoms with Crippen molar-refractivity contribution in [1.29, 1.82) is 0 Å². The van der Waals surface area contributed by atoms with E-state index in [2.05, 4.69) is 45.7 Å². The molecule has 3 N–H and O–H groups in total. The first-order valence-electron chi connectivity index (χ1n) is 6.90. The summed E-state index contributed by atoms with van der Waals surface area (Å²) in [5.74, 6) is 0.213. The Bertz CT molecular complexity index is 266. The quantitative estimate of drug-likeness (QED) is 0.701. The van der Waals surface area contributed by atoms with Gasteiger partial charge in [0.15, 0.2) is 0 Å². The first-order valence-corrected chi connectivity index (χ1v) is 10.6. The molecule has 0 saturated carbocycles. The molecule has 0 aliphatic heterocycles. The molecule has 0 amide bonds. The number of nitrogens with one attached hydrogen (secondary N) is 1. The summed E-state index contributed by atoms with van der Waals surface area (Å²) in [4.78, 5) is 11.6. The van der Waals surface area contributed by atoms with Gasteiger partial charge in [-0.1, -0.05) is 40.4 Å². The lowest BCUT2D eigenvalue weighted by Gasteiger charge is -2.27. The maximum absolute atomic E-state index is 11.6. The molecule has 0 aromatic rings. The van der Waals surface area contributed by atoms with Gasteiger partial charge in [0.1, 0.15) is 5.78 Å². The largest absolute Gasteiger partial charge is 0.327 e. The summed E-state index contributed by atoms with van der Waals surface area (Å²) < 4.78 is 0. The second kappa shape index (κ2) is 6.82. The first-order chi connectivity index (χ1) is 7.91. The number of Topliss-reactive ketones (excluding diaryl/α,β-unsaturated/α-hetero) is 1. The number of carbonyl (C=O) groups excluding carboxylic acids is 1. The van der Waals surface area contributed by atoms with E-state index in [1.54, 1.807) is 6.92 Å². The third-order valence-electron chi connectivity index (χ3n) is 2.81. The molecule has 0 bridgehead atoms. The van der Waals surface area contributed by atoms with Crippen molar-refractivity contribution in [2.45, 2.75) is 71.9 Å². The van der Waals surface area contributed by atoms with Crippen LogP contribution in [0.25, 0.3) is 0 Å². The van der Waals surface area contributed by atoms with Crippen LogP contribution in [0.15, 0.2) is 0 Å². The van der Waals surface area contributed by atoms with Gasteiger partial charge in [-0.3, -0.25) is 4.79 Å². The second-order valence-electron chi connectivity index (χ2n) is 7.86. The molecule has 0 aromatic carbocycles. The molecule has 0 aromatic heterocycles. The highest BCUT2D eigenvalue weighted by Gasteiger charge is 2.23. The van der Waals surface area contributed by atoms with Gasteiger partial charge in [0.2, 0.25) is 0 Å². The number of nitrogens with two attached hydrogens (primary N) is 1. The fraction of sp³-hybridized carbons (Fsp3) is 0.929. The van der Waals surface area contributed by atoms with Crippen molar-refractivity contribution in [2.24, 2.45) is 11.1 Å². The van der Waals surface area contributed by atoms with Crippen LogP contribution in [0.5, 0.6) is 0 Å². The topological polar surface area (TPSA) is 55.1 Å². The number of rotatable bonds is 7. The van der Waals surface area contributed by atoms with Crippen molar-refractivity contribution in [3.63, 3.8) is 0 Å². The minimum Gasteiger partial charge on any atom is -0.327 e. The van der Waals surface area contributed by atoms with Gasteiger partial charge in [-0.15, -0.1) is 0 Å². The number of ketones is 1. The molecule has 4 heteroatoms. The number of carbonyl (C=O) groups is 1. The molecular formula is C14H32N2OSi. The molecule has 3 nitrogen and oxygen atoms in total. The third kappa shape index (κ3) is 9.80. The van der Waals surface area contributed by atoms with Crippen molar-refractivity contribution in [2.75, 3.05) is 6.54 Å². The van der Waals surface area contributed by atoms with Crippen LogP contribution in [-0.2, 0) is 4.79 Å². The molecule has 2 atom stereocenters. The zero-order valence-electron chi connectivity index (χ0n) is 13.3. The molecule has 0 unspecified atom stereocenters. The Morgan fingerprint density at radius 1 is 1.28 bits per heavy atom. The Morgan fingerprint density at radius 2 is 1.78 bits per heavy atom. The van der Waals surface area contributed by atoms with E-state index in [-0.39, 0.29) is 23.3 Å². The van der Waals surface area contributed by atoms with E-state index in [1.165, 1.54) is 0 Å². The lowest BCUT2D eigenvalue weighted by atomic mass is 9.87. The highest BCUT2D eigenvalue weighted by Crippen LogP contribution is 2.21. The van der Waals surface area contributed by atoms with Crippen LogP contribution in [0.4, 0.5) is 0 Å². The van der Waals surface area contributed by atoms with E-state index in [0.717, 1.165) is 19.0 Å². The fourth-order valence-corrected chi connectivity index (χ4v) is 3.84. The molecule has 0 heterocycles. The Hall–Kier alpha value is -0.193. The maximum atomic E-state index is 11.6. The highest BCUT2D eigenvalue weighted by molar-refractivity contribution is 6.76. The van der Waals surface area contributed by atoms with Crippen LogP contribution in [0.2, 0.25) is 25.7 Å². The fourth-order valence-electron chi connectivity index (χ4n) is 2.12. The Morgan fingerprint density at radius 3 is 2.11 bits per heavy atom. The van der Waals surface area contributed by atoms with E-state index in [0.29, 0.717) is 0 Å². The molecule has 108 valence electrons. The van der Waals surface area contributed by atoms with Crippen molar-refractivity contribution in [1.82, 2.24) is 5.32 Å². The lowest BCUT2D eigenvalue weighted by Crippen LogP contribution is -2.46. The smallest absolute Gasteiger partial charge is 0.146 e. The number of hydrogen-bond acceptors (Lipinski definition) is 3. The zero-order chi connectivity index (χ0) is 14.6. The minimum atomic E-state index is -1.12. The lowest BCUT2D eigenvalue weighted by molar-refractivity contribution is -0.119. The average Bonchev–Trinajstić information content (AvgIpc) is 2.06. The summed E-state index contributed by atoms with van der Waals surface area (Å²) in [5.41, 5.74) is 6.29. The van der Waals surface area contributed by atoms with Crippen LogP contribution in [0.3, 0.4) is 0 Å². The molecule has 0 spiro atoms. The van der Waals surface area contributed by atoms with Gasteiger partial charge in [0, 0.05) is 20.7 Å². The Labute approximate surface area is 114 Å². The molecule has 18 heavy (non-hydrogen) atoms. The SMILES string of the molecule is CC(=O)[C@H](CC(C)(C)C)NC[C@@H](N)C[Si](C)(C)C. The monoisotopic (exact) mass is 272 g/mol.